The SMILES string of the molecule is c1ccc(-c2cccc(-c3cc(-n4c5ccccc5c5ccccc54)ccc3-c3ccc(-c4nc5ccccc5nc4-c4ccc(-c5ccc(-n6c7ccccc7c7ccccc76)cc5-c5cccc(-c6ccccc6)c5)cc4)cc3)c2)cc1. The molecule has 392 valence electrons. The summed E-state index contributed by atoms with van der Waals surface area (Å²) in [5.41, 5.74) is 26.1. The van der Waals surface area contributed by atoms with Crippen LogP contribution in [0.2, 0.25) is 0 Å². The van der Waals surface area contributed by atoms with Crippen LogP contribution < -0.4 is 0 Å². The van der Waals surface area contributed by atoms with Crippen molar-refractivity contribution in [3.05, 3.63) is 315 Å². The van der Waals surface area contributed by atoms with E-state index in [1.807, 2.05) is 12.1 Å². The van der Waals surface area contributed by atoms with Gasteiger partial charge in [-0.25, -0.2) is 9.97 Å². The molecular formula is C80H52N4. The first-order chi connectivity index (χ1) is 41.6. The lowest BCUT2D eigenvalue weighted by molar-refractivity contribution is 1.18. The lowest BCUT2D eigenvalue weighted by Crippen LogP contribution is -1.97. The summed E-state index contributed by atoms with van der Waals surface area (Å²) in [5.74, 6) is 0. The van der Waals surface area contributed by atoms with E-state index in [2.05, 4.69) is 312 Å². The van der Waals surface area contributed by atoms with Crippen LogP contribution >= 0.6 is 0 Å². The van der Waals surface area contributed by atoms with Gasteiger partial charge in [-0.15, -0.1) is 0 Å². The Kier molecular flexibility index (Phi) is 11.8. The highest BCUT2D eigenvalue weighted by molar-refractivity contribution is 6.10. The second-order valence-electron chi connectivity index (χ2n) is 21.7. The summed E-state index contributed by atoms with van der Waals surface area (Å²) in [5, 5.41) is 4.96. The maximum Gasteiger partial charge on any atom is 0.0973 e. The van der Waals surface area contributed by atoms with Gasteiger partial charge in [0.1, 0.15) is 0 Å². The average Bonchev–Trinajstić information content (AvgIpc) is 2.89. The second-order valence-corrected chi connectivity index (χ2v) is 21.7. The van der Waals surface area contributed by atoms with Gasteiger partial charge in [0, 0.05) is 44.0 Å². The second kappa shape index (κ2) is 20.4. The van der Waals surface area contributed by atoms with Gasteiger partial charge >= 0.3 is 0 Å². The highest BCUT2D eigenvalue weighted by Crippen LogP contribution is 2.43. The first-order valence-corrected chi connectivity index (χ1v) is 28.7. The zero-order valence-corrected chi connectivity index (χ0v) is 45.8. The highest BCUT2D eigenvalue weighted by atomic mass is 15.0. The Morgan fingerprint density at radius 2 is 0.500 bits per heavy atom. The smallest absolute Gasteiger partial charge is 0.0973 e. The lowest BCUT2D eigenvalue weighted by atomic mass is 9.91. The molecule has 16 rings (SSSR count). The molecular weight excluding hydrogens is 1020 g/mol. The number of rotatable bonds is 10. The quantitative estimate of drug-likeness (QED) is 0.137. The number of fused-ring (bicyclic) bond motifs is 7. The molecule has 0 saturated heterocycles. The molecule has 0 spiro atoms. The summed E-state index contributed by atoms with van der Waals surface area (Å²) in [6, 6.07) is 114. The molecule has 0 N–H and O–H groups in total. The molecule has 0 amide bonds. The molecule has 4 heteroatoms. The van der Waals surface area contributed by atoms with Crippen molar-refractivity contribution in [3.8, 4) is 101 Å². The minimum atomic E-state index is 0.833. The Morgan fingerprint density at radius 3 is 0.881 bits per heavy atom. The van der Waals surface area contributed by atoms with Crippen LogP contribution in [0.15, 0.2) is 315 Å². The van der Waals surface area contributed by atoms with E-state index in [9.17, 15) is 0 Å². The number of hydrogen-bond donors (Lipinski definition) is 0. The van der Waals surface area contributed by atoms with Crippen molar-refractivity contribution < 1.29 is 0 Å². The normalized spacial score (nSPS) is 11.6. The van der Waals surface area contributed by atoms with Crippen LogP contribution in [0.3, 0.4) is 0 Å². The van der Waals surface area contributed by atoms with Crippen molar-refractivity contribution in [2.45, 2.75) is 0 Å². The van der Waals surface area contributed by atoms with E-state index < -0.39 is 0 Å². The molecule has 0 aliphatic heterocycles. The third kappa shape index (κ3) is 8.47. The Labute approximate surface area is 487 Å². The van der Waals surface area contributed by atoms with Crippen LogP contribution in [0.25, 0.3) is 155 Å². The van der Waals surface area contributed by atoms with Crippen LogP contribution in [-0.2, 0) is 0 Å². The molecule has 4 nitrogen and oxygen atoms in total. The van der Waals surface area contributed by atoms with Crippen LogP contribution in [0.5, 0.6) is 0 Å². The minimum absolute atomic E-state index is 0.833. The van der Waals surface area contributed by atoms with Gasteiger partial charge in [-0.05, 0) is 140 Å². The summed E-state index contributed by atoms with van der Waals surface area (Å²) in [6.45, 7) is 0. The molecule has 0 unspecified atom stereocenters. The fraction of sp³-hybridized carbons (Fsp3) is 0. The summed E-state index contributed by atoms with van der Waals surface area (Å²) < 4.78 is 4.81. The first-order valence-electron chi connectivity index (χ1n) is 28.7. The molecule has 0 bridgehead atoms. The van der Waals surface area contributed by atoms with E-state index in [-0.39, 0.29) is 0 Å². The molecule has 0 fully saturated rings. The molecule has 13 aromatic carbocycles. The van der Waals surface area contributed by atoms with Gasteiger partial charge in [0.15, 0.2) is 0 Å². The predicted octanol–water partition coefficient (Wildman–Crippen LogP) is 21.2. The van der Waals surface area contributed by atoms with Gasteiger partial charge in [-0.1, -0.05) is 243 Å². The molecule has 0 aliphatic rings. The van der Waals surface area contributed by atoms with Crippen LogP contribution in [-0.4, -0.2) is 19.1 Å². The van der Waals surface area contributed by atoms with E-state index in [1.165, 1.54) is 65.9 Å². The standard InChI is InChI=1S/C80H52N4/c1-3-19-53(20-4-1)59-23-17-25-61(49-59)71-51-63(83-75-33-13-7-27-67(75)68-28-8-14-34-76(68)83)45-47-65(71)55-37-41-57(42-38-55)79-80(82-74-32-12-11-31-73(74)81-79)58-43-39-56(40-44-58)66-48-46-64(84-77-35-15-9-29-69(77)70-30-10-16-36-78(70)84)52-72(66)62-26-18-24-60(50-62)54-21-5-2-6-22-54/h1-52H. The summed E-state index contributed by atoms with van der Waals surface area (Å²) in [7, 11) is 0. The van der Waals surface area contributed by atoms with E-state index in [0.29, 0.717) is 0 Å². The third-order valence-electron chi connectivity index (χ3n) is 16.8. The van der Waals surface area contributed by atoms with Crippen molar-refractivity contribution in [1.82, 2.24) is 19.1 Å². The Hall–Kier alpha value is -11.2. The molecule has 0 saturated carbocycles. The van der Waals surface area contributed by atoms with Gasteiger partial charge in [0.2, 0.25) is 0 Å². The van der Waals surface area contributed by atoms with E-state index in [0.717, 1.165) is 89.4 Å². The minimum Gasteiger partial charge on any atom is -0.309 e. The number of nitrogens with zero attached hydrogens (tertiary/aromatic N) is 4. The van der Waals surface area contributed by atoms with Crippen molar-refractivity contribution in [2.24, 2.45) is 0 Å². The van der Waals surface area contributed by atoms with Crippen LogP contribution in [0.4, 0.5) is 0 Å². The summed E-state index contributed by atoms with van der Waals surface area (Å²) >= 11 is 0. The van der Waals surface area contributed by atoms with Crippen molar-refractivity contribution in [3.63, 3.8) is 0 Å². The van der Waals surface area contributed by atoms with Gasteiger partial charge < -0.3 is 9.13 Å². The van der Waals surface area contributed by atoms with Gasteiger partial charge in [0.05, 0.1) is 44.5 Å². The number of hydrogen-bond acceptors (Lipinski definition) is 2. The molecule has 3 heterocycles. The third-order valence-corrected chi connectivity index (χ3v) is 16.8. The maximum absolute atomic E-state index is 5.39. The highest BCUT2D eigenvalue weighted by Gasteiger charge is 2.20. The van der Waals surface area contributed by atoms with Gasteiger partial charge in [0.25, 0.3) is 0 Å². The first kappa shape index (κ1) is 48.7. The van der Waals surface area contributed by atoms with E-state index >= 15 is 0 Å². The summed E-state index contributed by atoms with van der Waals surface area (Å²) in [4.78, 5) is 10.8. The molecule has 0 atom stereocenters. The Morgan fingerprint density at radius 1 is 0.190 bits per heavy atom. The monoisotopic (exact) mass is 1070 g/mol. The van der Waals surface area contributed by atoms with Gasteiger partial charge in [-0.2, -0.15) is 0 Å². The topological polar surface area (TPSA) is 35.6 Å². The summed E-state index contributed by atoms with van der Waals surface area (Å²) in [6.07, 6.45) is 0. The van der Waals surface area contributed by atoms with Gasteiger partial charge in [-0.3, -0.25) is 0 Å². The molecule has 0 aliphatic carbocycles. The lowest BCUT2D eigenvalue weighted by Gasteiger charge is -2.17. The largest absolute Gasteiger partial charge is 0.309 e. The molecule has 84 heavy (non-hydrogen) atoms. The number of aromatic nitrogens is 4. The van der Waals surface area contributed by atoms with Crippen molar-refractivity contribution >= 4 is 54.6 Å². The molecule has 3 aromatic heterocycles. The van der Waals surface area contributed by atoms with E-state index in [4.69, 9.17) is 9.97 Å². The van der Waals surface area contributed by atoms with Crippen LogP contribution in [0.1, 0.15) is 0 Å². The Bertz CT molecular complexity index is 4740. The number of para-hydroxylation sites is 6. The Balaban J connectivity index is 0.802. The molecule has 0 radical (unpaired) electrons. The van der Waals surface area contributed by atoms with Crippen molar-refractivity contribution in [1.29, 1.82) is 0 Å². The fourth-order valence-electron chi connectivity index (χ4n) is 12.7. The fourth-order valence-corrected chi connectivity index (χ4v) is 12.7. The zero-order chi connectivity index (χ0) is 55.5. The van der Waals surface area contributed by atoms with E-state index in [1.54, 1.807) is 0 Å². The average molecular weight is 1070 g/mol. The number of benzene rings is 13. The maximum atomic E-state index is 5.39. The molecule has 16 aromatic rings. The predicted molar refractivity (Wildman–Crippen MR) is 352 cm³/mol. The zero-order valence-electron chi connectivity index (χ0n) is 45.8. The van der Waals surface area contributed by atoms with Crippen LogP contribution in [0, 0.1) is 0 Å². The van der Waals surface area contributed by atoms with Crippen molar-refractivity contribution in [2.75, 3.05) is 0 Å².